The zero-order chi connectivity index (χ0) is 33.8. The molecule has 4 aliphatic rings. The molecule has 6 atom stereocenters. The molecule has 4 aliphatic heterocycles. The number of likely N-dealkylation sites (tertiary alicyclic amines) is 1. The lowest BCUT2D eigenvalue weighted by molar-refractivity contribution is -0.159. The number of anilines is 2. The zero-order valence-electron chi connectivity index (χ0n) is 27.5. The van der Waals surface area contributed by atoms with Gasteiger partial charge in [-0.3, -0.25) is 19.2 Å². The summed E-state index contributed by atoms with van der Waals surface area (Å²) in [6.07, 6.45) is 6.37. The minimum Gasteiger partial charge on any atom is -0.455 e. The molecule has 48 heavy (non-hydrogen) atoms. The van der Waals surface area contributed by atoms with Gasteiger partial charge in [-0.2, -0.15) is 0 Å². The van der Waals surface area contributed by atoms with Gasteiger partial charge >= 0.3 is 5.97 Å². The summed E-state index contributed by atoms with van der Waals surface area (Å²) in [4.78, 5) is 61.3. The van der Waals surface area contributed by atoms with Crippen LogP contribution in [-0.2, 0) is 28.7 Å². The van der Waals surface area contributed by atoms with Crippen LogP contribution in [-0.4, -0.2) is 90.8 Å². The number of ether oxygens (including phenoxy) is 2. The van der Waals surface area contributed by atoms with Crippen LogP contribution in [0, 0.1) is 11.8 Å². The molecule has 0 bridgehead atoms. The van der Waals surface area contributed by atoms with E-state index in [4.69, 9.17) is 9.47 Å². The molecule has 2 saturated heterocycles. The van der Waals surface area contributed by atoms with Gasteiger partial charge in [0.1, 0.15) is 23.7 Å². The van der Waals surface area contributed by atoms with Gasteiger partial charge in [0, 0.05) is 50.6 Å². The Morgan fingerprint density at radius 3 is 2.44 bits per heavy atom. The summed E-state index contributed by atoms with van der Waals surface area (Å²) >= 11 is 0. The summed E-state index contributed by atoms with van der Waals surface area (Å²) in [7, 11) is 0. The molecule has 0 aromatic heterocycles. The molecule has 2 aromatic carbocycles. The number of carbonyl (C=O) groups is 4. The number of esters is 1. The summed E-state index contributed by atoms with van der Waals surface area (Å²) < 4.78 is 12.9. The fraction of sp³-hybridized carbons (Fsp3) is 0.459. The van der Waals surface area contributed by atoms with Crippen molar-refractivity contribution in [1.29, 1.82) is 0 Å². The first-order chi connectivity index (χ1) is 23.3. The van der Waals surface area contributed by atoms with E-state index in [1.165, 1.54) is 4.90 Å². The average molecular weight is 657 g/mol. The smallest absolute Gasteiger partial charge is 0.313 e. The third kappa shape index (κ3) is 6.12. The van der Waals surface area contributed by atoms with Crippen molar-refractivity contribution >= 4 is 35.1 Å². The Labute approximate surface area is 281 Å². The van der Waals surface area contributed by atoms with Gasteiger partial charge in [0.25, 0.3) is 5.91 Å². The second-order valence-corrected chi connectivity index (χ2v) is 12.6. The van der Waals surface area contributed by atoms with E-state index >= 15 is 0 Å². The van der Waals surface area contributed by atoms with E-state index in [1.54, 1.807) is 23.1 Å². The van der Waals surface area contributed by atoms with Crippen molar-refractivity contribution in [3.63, 3.8) is 0 Å². The van der Waals surface area contributed by atoms with Crippen LogP contribution in [0.15, 0.2) is 78.9 Å². The van der Waals surface area contributed by atoms with Crippen LogP contribution in [0.5, 0.6) is 0 Å². The lowest BCUT2D eigenvalue weighted by Crippen LogP contribution is -2.55. The average Bonchev–Trinajstić information content (AvgIpc) is 3.48. The Morgan fingerprint density at radius 1 is 0.979 bits per heavy atom. The van der Waals surface area contributed by atoms with Gasteiger partial charge in [-0.05, 0) is 56.5 Å². The van der Waals surface area contributed by atoms with E-state index in [-0.39, 0.29) is 56.8 Å². The number of aliphatic hydroxyl groups excluding tert-OH is 1. The van der Waals surface area contributed by atoms with Crippen LogP contribution in [0.4, 0.5) is 11.4 Å². The van der Waals surface area contributed by atoms with Crippen LogP contribution in [0.1, 0.15) is 44.8 Å². The number of aliphatic hydroxyl groups is 1. The van der Waals surface area contributed by atoms with Crippen molar-refractivity contribution in [2.45, 2.75) is 57.0 Å². The van der Waals surface area contributed by atoms with Crippen molar-refractivity contribution < 1.29 is 33.8 Å². The third-order valence-corrected chi connectivity index (χ3v) is 9.89. The number of amides is 3. The predicted molar refractivity (Wildman–Crippen MR) is 180 cm³/mol. The second kappa shape index (κ2) is 14.3. The van der Waals surface area contributed by atoms with Crippen molar-refractivity contribution in [3.8, 4) is 0 Å². The van der Waals surface area contributed by atoms with Gasteiger partial charge in [-0.1, -0.05) is 54.6 Å². The highest BCUT2D eigenvalue weighted by Crippen LogP contribution is 2.53. The van der Waals surface area contributed by atoms with E-state index in [0.29, 0.717) is 17.7 Å². The predicted octanol–water partition coefficient (Wildman–Crippen LogP) is 3.15. The van der Waals surface area contributed by atoms with Gasteiger partial charge in [0.05, 0.1) is 18.6 Å². The molecule has 11 nitrogen and oxygen atoms in total. The highest BCUT2D eigenvalue weighted by Gasteiger charge is 2.71. The van der Waals surface area contributed by atoms with E-state index < -0.39 is 41.7 Å². The maximum atomic E-state index is 14.7. The van der Waals surface area contributed by atoms with Gasteiger partial charge in [0.15, 0.2) is 0 Å². The van der Waals surface area contributed by atoms with E-state index in [0.717, 1.165) is 18.8 Å². The molecule has 11 heteroatoms. The normalized spacial score (nSPS) is 29.5. The maximum Gasteiger partial charge on any atom is 0.313 e. The molecular weight excluding hydrogens is 612 g/mol. The minimum atomic E-state index is -1.45. The molecule has 2 aromatic rings. The fourth-order valence-corrected chi connectivity index (χ4v) is 7.55. The zero-order valence-corrected chi connectivity index (χ0v) is 27.5. The summed E-state index contributed by atoms with van der Waals surface area (Å²) in [5, 5.41) is 12.6. The maximum absolute atomic E-state index is 14.7. The Hall–Kier alpha value is -4.48. The largest absolute Gasteiger partial charge is 0.455 e. The van der Waals surface area contributed by atoms with Crippen LogP contribution in [0.3, 0.4) is 0 Å². The number of fused-ring (bicyclic) bond motifs is 2. The number of benzene rings is 2. The Bertz CT molecular complexity index is 1560. The van der Waals surface area contributed by atoms with Crippen molar-refractivity contribution in [3.05, 3.63) is 84.5 Å². The van der Waals surface area contributed by atoms with Gasteiger partial charge < -0.3 is 34.6 Å². The summed E-state index contributed by atoms with van der Waals surface area (Å²) in [6, 6.07) is 15.9. The number of rotatable bonds is 8. The molecule has 3 amide bonds. The Kier molecular flexibility index (Phi) is 9.98. The molecular formula is C37H44N4O7. The second-order valence-electron chi connectivity index (χ2n) is 12.6. The number of hydrogen-bond donors (Lipinski definition) is 2. The number of carbonyl (C=O) groups excluding carboxylic acids is 4. The molecule has 2 N–H and O–H groups in total. The topological polar surface area (TPSA) is 129 Å². The molecule has 0 aliphatic carbocycles. The standard InChI is InChI=1S/C37H44N4O7/c1-3-39(4-2)26-16-18-27(19-17-26)40-21-10-20-37-32(34(44)41(22-11-23-42)33(37)35(40)45)31-28(48-37)14-8-9-15-30(43)38-24-29(47-36(31)46)25-12-6-5-7-13-25/h5-8,10,12-14,16-20,28-29,31-33,42H,3-4,9,11,15,21-24H2,1-2H3,(H,38,43)/b14-8-/t28-,29+,31+,32+,33-,37+/m0/s1. The number of cyclic esters (lactones) is 1. The number of allylic oxidation sites excluding steroid dienone is 1. The Morgan fingerprint density at radius 2 is 1.73 bits per heavy atom. The molecule has 4 heterocycles. The molecule has 6 rings (SSSR count). The SMILES string of the molecule is CCN(CC)c1ccc(N2CC=C[C@@]34O[C@H]5/C=C\CCC(=O)NC[C@H](c6ccccc6)OC(=O)[C@H]5[C@@H]3C(=O)N(CCCO)[C@H]4C2=O)cc1. The van der Waals surface area contributed by atoms with Crippen LogP contribution < -0.4 is 15.1 Å². The number of hydrogen-bond acceptors (Lipinski definition) is 8. The van der Waals surface area contributed by atoms with Crippen molar-refractivity contribution in [1.82, 2.24) is 10.2 Å². The summed E-state index contributed by atoms with van der Waals surface area (Å²) in [5.74, 6) is -3.61. The Balaban J connectivity index is 1.39. The van der Waals surface area contributed by atoms with E-state index in [9.17, 15) is 24.3 Å². The monoisotopic (exact) mass is 656 g/mol. The van der Waals surface area contributed by atoms with Gasteiger partial charge in [-0.15, -0.1) is 0 Å². The number of nitrogens with one attached hydrogen (secondary N) is 1. The van der Waals surface area contributed by atoms with Crippen LogP contribution in [0.2, 0.25) is 0 Å². The molecule has 1 spiro atoms. The summed E-state index contributed by atoms with van der Waals surface area (Å²) in [5.41, 5.74) is 0.983. The lowest BCUT2D eigenvalue weighted by atomic mass is 9.78. The first-order valence-electron chi connectivity index (χ1n) is 16.9. The van der Waals surface area contributed by atoms with Gasteiger partial charge in [0.2, 0.25) is 11.8 Å². The first-order valence-corrected chi connectivity index (χ1v) is 16.9. The van der Waals surface area contributed by atoms with E-state index in [2.05, 4.69) is 24.1 Å². The molecule has 0 saturated carbocycles. The minimum absolute atomic E-state index is 0.0754. The summed E-state index contributed by atoms with van der Waals surface area (Å²) in [6.45, 7) is 6.16. The van der Waals surface area contributed by atoms with Crippen LogP contribution >= 0.6 is 0 Å². The van der Waals surface area contributed by atoms with Crippen LogP contribution in [0.25, 0.3) is 0 Å². The molecule has 0 radical (unpaired) electrons. The fourth-order valence-electron chi connectivity index (χ4n) is 7.55. The molecule has 0 unspecified atom stereocenters. The van der Waals surface area contributed by atoms with E-state index in [1.807, 2.05) is 60.7 Å². The molecule has 254 valence electrons. The van der Waals surface area contributed by atoms with Gasteiger partial charge in [-0.25, -0.2) is 0 Å². The van der Waals surface area contributed by atoms with Crippen molar-refractivity contribution in [2.24, 2.45) is 11.8 Å². The highest BCUT2D eigenvalue weighted by atomic mass is 16.6. The lowest BCUT2D eigenvalue weighted by Gasteiger charge is -2.35. The van der Waals surface area contributed by atoms with Crippen molar-refractivity contribution in [2.75, 3.05) is 49.1 Å². The molecule has 2 fully saturated rings. The number of nitrogens with zero attached hydrogens (tertiary/aromatic N) is 3. The first kappa shape index (κ1) is 33.4. The highest BCUT2D eigenvalue weighted by molar-refractivity contribution is 6.05. The quantitative estimate of drug-likeness (QED) is 0.328. The third-order valence-electron chi connectivity index (χ3n) is 9.89.